The minimum atomic E-state index is -3.65. The number of hydroxylamine groups is 2. The quantitative estimate of drug-likeness (QED) is 0.708. The van der Waals surface area contributed by atoms with Gasteiger partial charge in [-0.15, -0.1) is 0 Å². The molecule has 1 aromatic carbocycles. The number of sulfonamides is 1. The van der Waals surface area contributed by atoms with E-state index in [1.807, 2.05) is 6.07 Å². The maximum Gasteiger partial charge on any atom is 0.221 e. The molecule has 0 N–H and O–H groups in total. The number of methoxy groups -OCH3 is 2. The molecule has 0 aliphatic carbocycles. The lowest BCUT2D eigenvalue weighted by Gasteiger charge is -2.26. The van der Waals surface area contributed by atoms with Crippen LogP contribution in [0.3, 0.4) is 0 Å². The highest BCUT2D eigenvalue weighted by molar-refractivity contribution is 7.89. The zero-order valence-electron chi connectivity index (χ0n) is 15.8. The summed E-state index contributed by atoms with van der Waals surface area (Å²) in [4.78, 5) is 5.57. The highest BCUT2D eigenvalue weighted by Crippen LogP contribution is 2.38. The van der Waals surface area contributed by atoms with Crippen LogP contribution < -0.4 is 9.47 Å². The molecule has 1 aliphatic heterocycles. The third-order valence-corrected chi connectivity index (χ3v) is 6.87. The molecule has 2 unspecified atom stereocenters. The van der Waals surface area contributed by atoms with Gasteiger partial charge in [0.1, 0.15) is 11.0 Å². The first-order chi connectivity index (χ1) is 12.9. The van der Waals surface area contributed by atoms with E-state index in [4.69, 9.17) is 18.7 Å². The van der Waals surface area contributed by atoms with Crippen molar-refractivity contribution in [2.45, 2.75) is 17.8 Å². The summed E-state index contributed by atoms with van der Waals surface area (Å²) in [7, 11) is 2.72. The van der Waals surface area contributed by atoms with Gasteiger partial charge in [0, 0.05) is 14.1 Å². The molecule has 3 rings (SSSR count). The lowest BCUT2D eigenvalue weighted by atomic mass is 10.0. The molecule has 1 aliphatic rings. The van der Waals surface area contributed by atoms with Crippen LogP contribution in [0, 0.1) is 0 Å². The maximum absolute atomic E-state index is 13.2. The molecule has 2 aromatic rings. The summed E-state index contributed by atoms with van der Waals surface area (Å²) in [5, 5.41) is 0.810. The fourth-order valence-corrected chi connectivity index (χ4v) is 4.91. The van der Waals surface area contributed by atoms with Crippen LogP contribution in [0.5, 0.6) is 11.5 Å². The van der Waals surface area contributed by atoms with Gasteiger partial charge >= 0.3 is 0 Å². The molecular formula is C18H24N2O6S. The lowest BCUT2D eigenvalue weighted by molar-refractivity contribution is -0.110. The van der Waals surface area contributed by atoms with Gasteiger partial charge in [-0.25, -0.2) is 8.42 Å². The van der Waals surface area contributed by atoms with Crippen LogP contribution in [0.4, 0.5) is 0 Å². The van der Waals surface area contributed by atoms with Gasteiger partial charge in [-0.3, -0.25) is 4.84 Å². The van der Waals surface area contributed by atoms with E-state index in [1.165, 1.54) is 10.6 Å². The zero-order chi connectivity index (χ0) is 19.6. The molecule has 1 aromatic heterocycles. The molecule has 1 saturated heterocycles. The molecular weight excluding hydrogens is 372 g/mol. The van der Waals surface area contributed by atoms with Crippen LogP contribution in [-0.2, 0) is 21.4 Å². The lowest BCUT2D eigenvalue weighted by Crippen LogP contribution is -2.40. The molecule has 1 fully saturated rings. The van der Waals surface area contributed by atoms with Gasteiger partial charge in [-0.1, -0.05) is 6.07 Å². The molecule has 0 bridgehead atoms. The largest absolute Gasteiger partial charge is 0.493 e. The highest BCUT2D eigenvalue weighted by Gasteiger charge is 2.45. The monoisotopic (exact) mass is 396 g/mol. The predicted octanol–water partition coefficient (Wildman–Crippen LogP) is 2.05. The Morgan fingerprint density at radius 3 is 2.59 bits per heavy atom. The first kappa shape index (κ1) is 19.7. The Hall–Kier alpha value is -2.07. The Kier molecular flexibility index (Phi) is 5.75. The van der Waals surface area contributed by atoms with E-state index in [1.54, 1.807) is 57.6 Å². The topological polar surface area (TPSA) is 81.5 Å². The van der Waals surface area contributed by atoms with Crippen molar-refractivity contribution in [3.8, 4) is 11.5 Å². The van der Waals surface area contributed by atoms with E-state index in [0.29, 0.717) is 17.3 Å². The normalized spacial score (nSPS) is 20.9. The fourth-order valence-electron chi connectivity index (χ4n) is 3.25. The minimum absolute atomic E-state index is 0.0698. The molecule has 27 heavy (non-hydrogen) atoms. The SMILES string of the molecule is COc1ccc(C2C(S(=O)(=O)N(C)Cc3ccco3)CON2C)cc1OC. The van der Waals surface area contributed by atoms with Crippen LogP contribution in [0.25, 0.3) is 0 Å². The molecule has 2 heterocycles. The first-order valence-corrected chi connectivity index (χ1v) is 9.94. The zero-order valence-corrected chi connectivity index (χ0v) is 16.6. The van der Waals surface area contributed by atoms with E-state index in [2.05, 4.69) is 0 Å². The van der Waals surface area contributed by atoms with Gasteiger partial charge in [0.05, 0.1) is 39.7 Å². The number of ether oxygens (including phenoxy) is 2. The van der Waals surface area contributed by atoms with Gasteiger partial charge in [-0.05, 0) is 29.8 Å². The number of rotatable bonds is 7. The molecule has 9 heteroatoms. The second-order valence-electron chi connectivity index (χ2n) is 6.32. The van der Waals surface area contributed by atoms with E-state index in [-0.39, 0.29) is 13.2 Å². The van der Waals surface area contributed by atoms with Crippen molar-refractivity contribution >= 4 is 10.0 Å². The Balaban J connectivity index is 1.90. The van der Waals surface area contributed by atoms with Crippen molar-refractivity contribution in [3.63, 3.8) is 0 Å². The number of benzene rings is 1. The Morgan fingerprint density at radius 2 is 1.96 bits per heavy atom. The predicted molar refractivity (Wildman–Crippen MR) is 98.9 cm³/mol. The Bertz CT molecular complexity index is 868. The molecule has 0 saturated carbocycles. The number of hydrogen-bond donors (Lipinski definition) is 0. The third-order valence-electron chi connectivity index (χ3n) is 4.71. The summed E-state index contributed by atoms with van der Waals surface area (Å²) in [5.74, 6) is 1.70. The van der Waals surface area contributed by atoms with Crippen molar-refractivity contribution in [3.05, 3.63) is 47.9 Å². The van der Waals surface area contributed by atoms with Gasteiger partial charge in [-0.2, -0.15) is 9.37 Å². The maximum atomic E-state index is 13.2. The van der Waals surface area contributed by atoms with Crippen molar-refractivity contribution in [1.82, 2.24) is 9.37 Å². The summed E-state index contributed by atoms with van der Waals surface area (Å²) >= 11 is 0. The van der Waals surface area contributed by atoms with E-state index in [0.717, 1.165) is 5.56 Å². The van der Waals surface area contributed by atoms with E-state index in [9.17, 15) is 8.42 Å². The van der Waals surface area contributed by atoms with E-state index >= 15 is 0 Å². The summed E-state index contributed by atoms with van der Waals surface area (Å²) < 4.78 is 43.6. The van der Waals surface area contributed by atoms with Crippen LogP contribution in [-0.4, -0.2) is 58.0 Å². The van der Waals surface area contributed by atoms with Crippen LogP contribution in [0.15, 0.2) is 41.0 Å². The molecule has 8 nitrogen and oxygen atoms in total. The smallest absolute Gasteiger partial charge is 0.221 e. The Labute approximate surface area is 159 Å². The second-order valence-corrected chi connectivity index (χ2v) is 8.58. The second kappa shape index (κ2) is 7.89. The summed E-state index contributed by atoms with van der Waals surface area (Å²) in [6, 6.07) is 8.37. The average Bonchev–Trinajstić information content (AvgIpc) is 3.30. The van der Waals surface area contributed by atoms with E-state index < -0.39 is 21.3 Å². The average molecular weight is 396 g/mol. The molecule has 2 atom stereocenters. The molecule has 148 valence electrons. The van der Waals surface area contributed by atoms with Crippen LogP contribution in [0.1, 0.15) is 17.4 Å². The van der Waals surface area contributed by atoms with Gasteiger partial charge in [0.15, 0.2) is 11.5 Å². The Morgan fingerprint density at radius 1 is 1.22 bits per heavy atom. The van der Waals surface area contributed by atoms with Gasteiger partial charge in [0.2, 0.25) is 10.0 Å². The highest BCUT2D eigenvalue weighted by atomic mass is 32.2. The van der Waals surface area contributed by atoms with Crippen LogP contribution in [0.2, 0.25) is 0 Å². The molecule has 0 spiro atoms. The number of nitrogens with zero attached hydrogens (tertiary/aromatic N) is 2. The third kappa shape index (κ3) is 3.81. The van der Waals surface area contributed by atoms with Gasteiger partial charge in [0.25, 0.3) is 0 Å². The van der Waals surface area contributed by atoms with Crippen LogP contribution >= 0.6 is 0 Å². The molecule has 0 radical (unpaired) electrons. The first-order valence-electron chi connectivity index (χ1n) is 8.43. The number of hydrogen-bond acceptors (Lipinski definition) is 7. The summed E-state index contributed by atoms with van der Waals surface area (Å²) in [5.41, 5.74) is 0.771. The number of furan rings is 1. The van der Waals surface area contributed by atoms with Crippen molar-refractivity contribution in [1.29, 1.82) is 0 Å². The summed E-state index contributed by atoms with van der Waals surface area (Å²) in [6.45, 7) is 0.231. The van der Waals surface area contributed by atoms with Gasteiger partial charge < -0.3 is 13.9 Å². The fraction of sp³-hybridized carbons (Fsp3) is 0.444. The minimum Gasteiger partial charge on any atom is -0.493 e. The molecule has 0 amide bonds. The van der Waals surface area contributed by atoms with Crippen molar-refractivity contribution in [2.75, 3.05) is 34.9 Å². The summed E-state index contributed by atoms with van der Waals surface area (Å²) in [6.07, 6.45) is 1.52. The van der Waals surface area contributed by atoms with Crippen molar-refractivity contribution in [2.24, 2.45) is 0 Å². The van der Waals surface area contributed by atoms with Crippen molar-refractivity contribution < 1.29 is 27.1 Å². The standard InChI is InChI=1S/C18H24N2O6S/c1-19(11-14-6-5-9-25-14)27(21,22)17-12-26-20(2)18(17)13-7-8-15(23-3)16(10-13)24-4/h5-10,17-18H,11-12H2,1-4H3.